The van der Waals surface area contributed by atoms with Crippen molar-refractivity contribution in [3.8, 4) is 0 Å². The first-order valence-corrected chi connectivity index (χ1v) is 4.75. The van der Waals surface area contributed by atoms with E-state index in [1.807, 2.05) is 0 Å². The molecule has 0 aliphatic carbocycles. The summed E-state index contributed by atoms with van der Waals surface area (Å²) >= 11 is 0. The average molecular weight is 187 g/mol. The van der Waals surface area contributed by atoms with Crippen LogP contribution in [0, 0.1) is 0 Å². The van der Waals surface area contributed by atoms with Gasteiger partial charge in [-0.05, 0) is 12.1 Å². The van der Waals surface area contributed by atoms with Crippen molar-refractivity contribution in [3.63, 3.8) is 0 Å². The molecule has 3 heterocycles. The summed E-state index contributed by atoms with van der Waals surface area (Å²) in [5.74, 6) is 0. The molecule has 0 spiro atoms. The normalized spacial score (nSPS) is 11.9. The van der Waals surface area contributed by atoms with Gasteiger partial charge in [-0.3, -0.25) is 0 Å². The van der Waals surface area contributed by atoms with E-state index in [0.717, 1.165) is 0 Å². The van der Waals surface area contributed by atoms with Gasteiger partial charge in [0.2, 0.25) is 0 Å². The molecule has 14 heavy (non-hydrogen) atoms. The quantitative estimate of drug-likeness (QED) is 0.511. The van der Waals surface area contributed by atoms with Crippen molar-refractivity contribution in [2.24, 2.45) is 21.1 Å². The Morgan fingerprint density at radius 2 is 1.21 bits per heavy atom. The van der Waals surface area contributed by atoms with E-state index in [0.29, 0.717) is 0 Å². The van der Waals surface area contributed by atoms with E-state index in [1.54, 1.807) is 0 Å². The number of nitrogens with zero attached hydrogens (tertiary/aromatic N) is 3. The molecule has 0 atom stereocenters. The zero-order valence-electron chi connectivity index (χ0n) is 8.65. The van der Waals surface area contributed by atoms with Crippen LogP contribution < -0.4 is 0 Å². The van der Waals surface area contributed by atoms with Crippen LogP contribution in [0.2, 0.25) is 0 Å². The van der Waals surface area contributed by atoms with Gasteiger partial charge in [-0.25, -0.2) is 0 Å². The molecule has 3 aromatic heterocycles. The third-order valence-corrected chi connectivity index (χ3v) is 3.05. The zero-order valence-corrected chi connectivity index (χ0v) is 8.65. The van der Waals surface area contributed by atoms with E-state index in [9.17, 15) is 0 Å². The molecule has 3 rings (SSSR count). The monoisotopic (exact) mass is 187 g/mol. The number of hydrogen-bond acceptors (Lipinski definition) is 0. The van der Waals surface area contributed by atoms with Gasteiger partial charge in [0.25, 0.3) is 0 Å². The van der Waals surface area contributed by atoms with Crippen LogP contribution in [0.1, 0.15) is 0 Å². The first-order chi connectivity index (χ1) is 6.70. The fraction of sp³-hybridized carbons (Fsp3) is 0.273. The van der Waals surface area contributed by atoms with Gasteiger partial charge in [0.1, 0.15) is 0 Å². The Hall–Kier alpha value is -1.64. The highest BCUT2D eigenvalue weighted by Crippen LogP contribution is 2.28. The second-order valence-electron chi connectivity index (χ2n) is 3.88. The lowest BCUT2D eigenvalue weighted by atomic mass is 10.4. The molecule has 0 unspecified atom stereocenters. The Bertz CT molecular complexity index is 568. The number of rotatable bonds is 0. The van der Waals surface area contributed by atoms with Crippen molar-refractivity contribution in [2.75, 3.05) is 0 Å². The molecule has 0 amide bonds. The molecular weight excluding hydrogens is 174 g/mol. The van der Waals surface area contributed by atoms with Crippen molar-refractivity contribution in [1.82, 2.24) is 13.7 Å². The molecular formula is C11H13N3. The highest BCUT2D eigenvalue weighted by Gasteiger charge is 2.12. The van der Waals surface area contributed by atoms with Crippen LogP contribution in [0.25, 0.3) is 22.1 Å². The van der Waals surface area contributed by atoms with Crippen LogP contribution in [-0.4, -0.2) is 13.7 Å². The third-order valence-electron chi connectivity index (χ3n) is 3.05. The van der Waals surface area contributed by atoms with E-state index in [-0.39, 0.29) is 0 Å². The molecule has 0 bridgehead atoms. The predicted molar refractivity (Wildman–Crippen MR) is 58.4 cm³/mol. The summed E-state index contributed by atoms with van der Waals surface area (Å²) in [7, 11) is 6.30. The van der Waals surface area contributed by atoms with E-state index in [1.165, 1.54) is 22.1 Å². The Morgan fingerprint density at radius 1 is 0.786 bits per heavy atom. The van der Waals surface area contributed by atoms with E-state index >= 15 is 0 Å². The van der Waals surface area contributed by atoms with Gasteiger partial charge in [0.05, 0.1) is 22.1 Å². The maximum absolute atomic E-state index is 2.24. The molecule has 0 saturated heterocycles. The number of aryl methyl sites for hydroxylation is 3. The highest BCUT2D eigenvalue weighted by atomic mass is 15.1. The summed E-state index contributed by atoms with van der Waals surface area (Å²) in [6.07, 6.45) is 4.22. The van der Waals surface area contributed by atoms with Gasteiger partial charge < -0.3 is 13.7 Å². The number of fused-ring (bicyclic) bond motifs is 3. The lowest BCUT2D eigenvalue weighted by Gasteiger charge is -1.95. The van der Waals surface area contributed by atoms with Gasteiger partial charge in [-0.2, -0.15) is 0 Å². The maximum atomic E-state index is 2.24. The second kappa shape index (κ2) is 2.23. The smallest absolute Gasteiger partial charge is 0.0907 e. The fourth-order valence-corrected chi connectivity index (χ4v) is 2.28. The Balaban J connectivity index is 2.73. The first kappa shape index (κ1) is 7.74. The molecule has 3 aromatic rings. The van der Waals surface area contributed by atoms with Crippen LogP contribution in [-0.2, 0) is 21.1 Å². The average Bonchev–Trinajstić information content (AvgIpc) is 2.75. The fourth-order valence-electron chi connectivity index (χ4n) is 2.28. The third kappa shape index (κ3) is 0.687. The zero-order chi connectivity index (χ0) is 9.87. The van der Waals surface area contributed by atoms with Crippen LogP contribution in [0.5, 0.6) is 0 Å². The summed E-state index contributed by atoms with van der Waals surface area (Å²) in [5, 5.41) is 0. The predicted octanol–water partition coefficient (Wildman–Crippen LogP) is 2.01. The van der Waals surface area contributed by atoms with Crippen LogP contribution in [0.4, 0.5) is 0 Å². The van der Waals surface area contributed by atoms with Crippen molar-refractivity contribution < 1.29 is 0 Å². The lowest BCUT2D eigenvalue weighted by molar-refractivity contribution is 0.943. The Kier molecular flexibility index (Phi) is 1.23. The van der Waals surface area contributed by atoms with Gasteiger partial charge in [0, 0.05) is 33.5 Å². The van der Waals surface area contributed by atoms with Crippen molar-refractivity contribution >= 4 is 22.1 Å². The molecule has 3 heteroatoms. The summed E-state index contributed by atoms with van der Waals surface area (Å²) < 4.78 is 6.60. The van der Waals surface area contributed by atoms with Gasteiger partial charge in [0.15, 0.2) is 0 Å². The minimum absolute atomic E-state index is 1.30. The summed E-state index contributed by atoms with van der Waals surface area (Å²) in [6.45, 7) is 0. The van der Waals surface area contributed by atoms with Crippen LogP contribution >= 0.6 is 0 Å². The van der Waals surface area contributed by atoms with E-state index in [4.69, 9.17) is 0 Å². The largest absolute Gasteiger partial charge is 0.348 e. The first-order valence-electron chi connectivity index (χ1n) is 4.75. The SMILES string of the molecule is Cn1ccc2c1c1c(ccn1C)n2C. The van der Waals surface area contributed by atoms with Gasteiger partial charge >= 0.3 is 0 Å². The molecule has 3 nitrogen and oxygen atoms in total. The van der Waals surface area contributed by atoms with Crippen LogP contribution in [0.3, 0.4) is 0 Å². The lowest BCUT2D eigenvalue weighted by Crippen LogP contribution is -1.87. The van der Waals surface area contributed by atoms with Gasteiger partial charge in [-0.15, -0.1) is 0 Å². The number of hydrogen-bond donors (Lipinski definition) is 0. The Labute approximate surface area is 82.1 Å². The van der Waals surface area contributed by atoms with Crippen molar-refractivity contribution in [1.29, 1.82) is 0 Å². The van der Waals surface area contributed by atoms with Crippen LogP contribution in [0.15, 0.2) is 24.5 Å². The molecule has 0 N–H and O–H groups in total. The molecule has 0 radical (unpaired) electrons. The maximum Gasteiger partial charge on any atom is 0.0907 e. The molecule has 0 aliphatic heterocycles. The van der Waals surface area contributed by atoms with Crippen molar-refractivity contribution in [2.45, 2.75) is 0 Å². The van der Waals surface area contributed by atoms with Gasteiger partial charge in [-0.1, -0.05) is 0 Å². The molecule has 0 aliphatic rings. The standard InChI is InChI=1S/C11H13N3/c1-12-6-4-8-10(12)11-9(14(8)3)5-7-13(11)2/h4-7H,1-3H3. The summed E-state index contributed by atoms with van der Waals surface area (Å²) in [5.41, 5.74) is 5.23. The topological polar surface area (TPSA) is 14.8 Å². The molecule has 0 saturated carbocycles. The second-order valence-corrected chi connectivity index (χ2v) is 3.88. The summed E-state index contributed by atoms with van der Waals surface area (Å²) in [6, 6.07) is 4.32. The molecule has 72 valence electrons. The summed E-state index contributed by atoms with van der Waals surface area (Å²) in [4.78, 5) is 0. The molecule has 0 fully saturated rings. The highest BCUT2D eigenvalue weighted by molar-refractivity contribution is 6.04. The minimum atomic E-state index is 1.30. The Morgan fingerprint density at radius 3 is 1.64 bits per heavy atom. The van der Waals surface area contributed by atoms with E-state index in [2.05, 4.69) is 59.4 Å². The van der Waals surface area contributed by atoms with E-state index < -0.39 is 0 Å². The minimum Gasteiger partial charge on any atom is -0.348 e. The number of aromatic nitrogens is 3. The molecule has 0 aromatic carbocycles. The van der Waals surface area contributed by atoms with Crippen molar-refractivity contribution in [3.05, 3.63) is 24.5 Å².